The molecule has 0 aliphatic carbocycles. The molecule has 21 heavy (non-hydrogen) atoms. The third-order valence-corrected chi connectivity index (χ3v) is 4.81. The molecular weight excluding hydrogens is 276 g/mol. The molecule has 0 aliphatic heterocycles. The number of nitrogens with two attached hydrogens (primary N) is 1. The number of benzene rings is 1. The Balaban J connectivity index is 1.76. The first-order valence-corrected chi connectivity index (χ1v) is 8.55. The number of rotatable bonds is 6. The summed E-state index contributed by atoms with van der Waals surface area (Å²) >= 11 is 1.77. The van der Waals surface area contributed by atoms with Crippen molar-refractivity contribution in [2.75, 3.05) is 0 Å². The second-order valence-electron chi connectivity index (χ2n) is 5.66. The quantitative estimate of drug-likeness (QED) is 0.725. The maximum absolute atomic E-state index is 6.05. The van der Waals surface area contributed by atoms with E-state index >= 15 is 0 Å². The highest BCUT2D eigenvalue weighted by molar-refractivity contribution is 7.07. The predicted molar refractivity (Wildman–Crippen MR) is 91.9 cm³/mol. The zero-order valence-electron chi connectivity index (χ0n) is 12.5. The first-order chi connectivity index (χ1) is 10.3. The van der Waals surface area contributed by atoms with Gasteiger partial charge in [-0.2, -0.15) is 11.3 Å². The molecule has 2 N–H and O–H groups in total. The van der Waals surface area contributed by atoms with Crippen molar-refractivity contribution >= 4 is 22.2 Å². The number of aryl methyl sites for hydroxylation is 2. The van der Waals surface area contributed by atoms with Crippen LogP contribution in [-0.2, 0) is 19.4 Å². The van der Waals surface area contributed by atoms with Crippen LogP contribution in [0.2, 0.25) is 0 Å². The Morgan fingerprint density at radius 1 is 1.19 bits per heavy atom. The Bertz CT molecular complexity index is 697. The Morgan fingerprint density at radius 3 is 2.86 bits per heavy atom. The van der Waals surface area contributed by atoms with Crippen molar-refractivity contribution in [1.29, 1.82) is 0 Å². The monoisotopic (exact) mass is 298 g/mol. The molecule has 0 saturated heterocycles. The summed E-state index contributed by atoms with van der Waals surface area (Å²) in [6.45, 7) is 3.18. The van der Waals surface area contributed by atoms with Crippen LogP contribution in [0.25, 0.3) is 10.9 Å². The molecule has 1 aromatic carbocycles. The first kappa shape index (κ1) is 14.4. The number of aromatic nitrogens is 1. The smallest absolute Gasteiger partial charge is 0.0480 e. The molecule has 2 aromatic heterocycles. The third-order valence-electron chi connectivity index (χ3n) is 4.08. The summed E-state index contributed by atoms with van der Waals surface area (Å²) < 4.78 is 2.34. The van der Waals surface area contributed by atoms with Crippen molar-refractivity contribution in [1.82, 2.24) is 4.57 Å². The lowest BCUT2D eigenvalue weighted by atomic mass is 10.0. The Kier molecular flexibility index (Phi) is 4.42. The van der Waals surface area contributed by atoms with Gasteiger partial charge in [0.1, 0.15) is 0 Å². The fourth-order valence-corrected chi connectivity index (χ4v) is 3.41. The molecule has 1 atom stereocenters. The van der Waals surface area contributed by atoms with Crippen molar-refractivity contribution < 1.29 is 0 Å². The number of hydrogen-bond acceptors (Lipinski definition) is 2. The summed E-state index contributed by atoms with van der Waals surface area (Å²) in [7, 11) is 0. The predicted octanol–water partition coefficient (Wildman–Crippen LogP) is 4.23. The third kappa shape index (κ3) is 3.36. The zero-order chi connectivity index (χ0) is 14.7. The second kappa shape index (κ2) is 6.46. The van der Waals surface area contributed by atoms with E-state index in [1.807, 2.05) is 0 Å². The summed E-state index contributed by atoms with van der Waals surface area (Å²) in [5.74, 6) is 0. The van der Waals surface area contributed by atoms with Gasteiger partial charge in [0.05, 0.1) is 0 Å². The van der Waals surface area contributed by atoms with Crippen molar-refractivity contribution in [3.05, 3.63) is 58.4 Å². The van der Waals surface area contributed by atoms with Crippen LogP contribution in [0.5, 0.6) is 0 Å². The van der Waals surface area contributed by atoms with E-state index in [1.165, 1.54) is 22.0 Å². The molecule has 0 aliphatic rings. The molecule has 0 radical (unpaired) electrons. The van der Waals surface area contributed by atoms with Crippen LogP contribution in [0.15, 0.2) is 47.3 Å². The van der Waals surface area contributed by atoms with Crippen molar-refractivity contribution in [3.63, 3.8) is 0 Å². The van der Waals surface area contributed by atoms with E-state index in [0.717, 1.165) is 25.8 Å². The summed E-state index contributed by atoms with van der Waals surface area (Å²) in [5, 5.41) is 5.70. The van der Waals surface area contributed by atoms with Gasteiger partial charge in [0.2, 0.25) is 0 Å². The summed E-state index contributed by atoms with van der Waals surface area (Å²) in [6.07, 6.45) is 5.28. The van der Waals surface area contributed by atoms with Gasteiger partial charge in [-0.1, -0.05) is 13.0 Å². The summed E-state index contributed by atoms with van der Waals surface area (Å²) in [6, 6.07) is 11.4. The lowest BCUT2D eigenvalue weighted by Gasteiger charge is -2.09. The second-order valence-corrected chi connectivity index (χ2v) is 6.44. The highest BCUT2D eigenvalue weighted by Crippen LogP contribution is 2.19. The van der Waals surface area contributed by atoms with E-state index < -0.39 is 0 Å². The average molecular weight is 298 g/mol. The van der Waals surface area contributed by atoms with Crippen LogP contribution >= 0.6 is 11.3 Å². The van der Waals surface area contributed by atoms with Gasteiger partial charge in [0.15, 0.2) is 0 Å². The first-order valence-electron chi connectivity index (χ1n) is 7.60. The molecule has 0 spiro atoms. The average Bonchev–Trinajstić information content (AvgIpc) is 3.14. The van der Waals surface area contributed by atoms with Crippen molar-refractivity contribution in [2.45, 2.75) is 38.8 Å². The Hall–Kier alpha value is -1.58. The van der Waals surface area contributed by atoms with E-state index in [2.05, 4.69) is 58.8 Å². The SMILES string of the molecule is CCC(N)Cc1ccc2c(ccn2CCc2ccsc2)c1. The number of hydrogen-bond donors (Lipinski definition) is 1. The van der Waals surface area contributed by atoms with Crippen molar-refractivity contribution in [3.8, 4) is 0 Å². The molecule has 0 amide bonds. The number of thiophene rings is 1. The summed E-state index contributed by atoms with van der Waals surface area (Å²) in [5.41, 5.74) is 10.1. The van der Waals surface area contributed by atoms with Gasteiger partial charge >= 0.3 is 0 Å². The fourth-order valence-electron chi connectivity index (χ4n) is 2.70. The van der Waals surface area contributed by atoms with Crippen LogP contribution in [0.3, 0.4) is 0 Å². The standard InChI is InChI=1S/C18H22N2S/c1-2-17(19)12-15-3-4-18-16(11-15)6-9-20(18)8-5-14-7-10-21-13-14/h3-4,6-7,9-11,13,17H,2,5,8,12,19H2,1H3. The molecule has 3 rings (SSSR count). The molecule has 0 fully saturated rings. The van der Waals surface area contributed by atoms with Crippen LogP contribution in [0.1, 0.15) is 24.5 Å². The summed E-state index contributed by atoms with van der Waals surface area (Å²) in [4.78, 5) is 0. The number of nitrogens with zero attached hydrogens (tertiary/aromatic N) is 1. The largest absolute Gasteiger partial charge is 0.347 e. The molecule has 1 unspecified atom stereocenters. The maximum atomic E-state index is 6.05. The molecule has 3 aromatic rings. The zero-order valence-corrected chi connectivity index (χ0v) is 13.3. The molecule has 2 heterocycles. The topological polar surface area (TPSA) is 30.9 Å². The van der Waals surface area contributed by atoms with Crippen LogP contribution in [0, 0.1) is 0 Å². The lowest BCUT2D eigenvalue weighted by molar-refractivity contribution is 0.647. The number of fused-ring (bicyclic) bond motifs is 1. The minimum atomic E-state index is 0.267. The van der Waals surface area contributed by atoms with E-state index in [0.29, 0.717) is 0 Å². The minimum absolute atomic E-state index is 0.267. The van der Waals surface area contributed by atoms with Crippen molar-refractivity contribution in [2.24, 2.45) is 5.73 Å². The van der Waals surface area contributed by atoms with Gasteiger partial charge in [0, 0.05) is 24.3 Å². The van der Waals surface area contributed by atoms with E-state index in [-0.39, 0.29) is 6.04 Å². The van der Waals surface area contributed by atoms with Crippen LogP contribution < -0.4 is 5.73 Å². The molecule has 2 nitrogen and oxygen atoms in total. The van der Waals surface area contributed by atoms with E-state index in [9.17, 15) is 0 Å². The van der Waals surface area contributed by atoms with Gasteiger partial charge in [-0.15, -0.1) is 0 Å². The van der Waals surface area contributed by atoms with Gasteiger partial charge in [-0.25, -0.2) is 0 Å². The van der Waals surface area contributed by atoms with Crippen LogP contribution in [-0.4, -0.2) is 10.6 Å². The molecule has 110 valence electrons. The van der Waals surface area contributed by atoms with E-state index in [1.54, 1.807) is 11.3 Å². The van der Waals surface area contributed by atoms with E-state index in [4.69, 9.17) is 5.73 Å². The Morgan fingerprint density at radius 2 is 2.10 bits per heavy atom. The van der Waals surface area contributed by atoms with Crippen LogP contribution in [0.4, 0.5) is 0 Å². The highest BCUT2D eigenvalue weighted by Gasteiger charge is 2.05. The normalized spacial score (nSPS) is 12.9. The molecule has 0 saturated carbocycles. The van der Waals surface area contributed by atoms with Gasteiger partial charge in [-0.05, 0) is 70.8 Å². The minimum Gasteiger partial charge on any atom is -0.347 e. The Labute approximate surface area is 130 Å². The molecule has 0 bridgehead atoms. The molecular formula is C18H22N2S. The van der Waals surface area contributed by atoms with Gasteiger partial charge in [0.25, 0.3) is 0 Å². The molecule has 3 heteroatoms. The highest BCUT2D eigenvalue weighted by atomic mass is 32.1. The van der Waals surface area contributed by atoms with Gasteiger partial charge in [-0.3, -0.25) is 0 Å². The maximum Gasteiger partial charge on any atom is 0.0480 e. The lowest BCUT2D eigenvalue weighted by Crippen LogP contribution is -2.21. The fraction of sp³-hybridized carbons (Fsp3) is 0.333. The van der Waals surface area contributed by atoms with Gasteiger partial charge < -0.3 is 10.3 Å².